The van der Waals surface area contributed by atoms with Crippen LogP contribution in [0.4, 0.5) is 50.9 Å². The maximum absolute atomic E-state index is 16.0. The molecule has 0 saturated carbocycles. The van der Waals surface area contributed by atoms with Gasteiger partial charge in [0.25, 0.3) is 0 Å². The summed E-state index contributed by atoms with van der Waals surface area (Å²) in [6, 6.07) is 61.4. The van der Waals surface area contributed by atoms with Gasteiger partial charge in [-0.05, 0) is 146 Å². The second-order valence-corrected chi connectivity index (χ2v) is 26.1. The predicted molar refractivity (Wildman–Crippen MR) is 391 cm³/mol. The van der Waals surface area contributed by atoms with Gasteiger partial charge in [0, 0.05) is 43.1 Å². The summed E-state index contributed by atoms with van der Waals surface area (Å²) in [4.78, 5) is 6.90. The summed E-state index contributed by atoms with van der Waals surface area (Å²) < 4.78 is 144. The van der Waals surface area contributed by atoms with Crippen molar-refractivity contribution >= 4 is 98.6 Å². The molecule has 4 heterocycles. The van der Waals surface area contributed by atoms with Gasteiger partial charge in [-0.3, -0.25) is 0 Å². The quantitative estimate of drug-likeness (QED) is 0.121. The minimum atomic E-state index is -5.04. The van der Waals surface area contributed by atoms with Crippen LogP contribution in [0.3, 0.4) is 0 Å². The van der Waals surface area contributed by atoms with Gasteiger partial charge in [-0.1, -0.05) is 182 Å². The minimum absolute atomic E-state index is 0.0339. The highest BCUT2D eigenvalue weighted by atomic mass is 19.4. The topological polar surface area (TPSA) is 52.2 Å². The van der Waals surface area contributed by atoms with Gasteiger partial charge in [0.1, 0.15) is 6.07 Å². The molecule has 0 saturated heterocycles. The number of halogens is 9. The average Bonchev–Trinajstić information content (AvgIpc) is 1.53. The number of benzene rings is 12. The molecule has 0 spiro atoms. The Kier molecular flexibility index (Phi) is 15.4. The van der Waals surface area contributed by atoms with Gasteiger partial charge in [0.05, 0.1) is 102 Å². The number of alkyl halides is 9. The Balaban J connectivity index is 0.000000165. The number of nitriles is 1. The predicted octanol–water partition coefficient (Wildman–Crippen LogP) is 25.6. The molecule has 0 amide bonds. The highest BCUT2D eigenvalue weighted by Gasteiger charge is 2.41. The zero-order chi connectivity index (χ0) is 71.9. The average molecular weight is 1360 g/mol. The van der Waals surface area contributed by atoms with E-state index in [2.05, 4.69) is 49.2 Å². The molecule has 500 valence electrons. The largest absolute Gasteiger partial charge is 0.418 e. The maximum Gasteiger partial charge on any atom is 0.418 e. The SMILES string of the molecule is [C-]#[N+]c1cccc(C(F)(F)F)c1-c1cc(-n2c3c(C)cccc3c3cccc(C)c32)c(-n2c3c(C)cccc3c3cccc(C)c32)c(C(F)(F)F)c1.[C-]#[N+]c1cccc(C(F)(F)F)c1-c1cc(C#N)c(-n2c3c(C)cccc3c3cccc(C)c32)c(-n2c3c(C)cccc3c3cccc(C)c32)c1. The molecule has 0 aliphatic heterocycles. The van der Waals surface area contributed by atoms with Crippen molar-refractivity contribution in [1.82, 2.24) is 18.3 Å². The van der Waals surface area contributed by atoms with Crippen molar-refractivity contribution in [2.75, 3.05) is 0 Å². The van der Waals surface area contributed by atoms with E-state index in [1.165, 1.54) is 30.3 Å². The third-order valence-corrected chi connectivity index (χ3v) is 19.9. The zero-order valence-corrected chi connectivity index (χ0v) is 56.2. The lowest BCUT2D eigenvalue weighted by molar-refractivity contribution is -0.138. The second-order valence-electron chi connectivity index (χ2n) is 26.1. The Morgan fingerprint density at radius 3 is 0.814 bits per heavy atom. The van der Waals surface area contributed by atoms with Gasteiger partial charge in [-0.25, -0.2) is 9.69 Å². The molecule has 0 bridgehead atoms. The number of hydrogen-bond acceptors (Lipinski definition) is 1. The molecule has 0 atom stereocenters. The van der Waals surface area contributed by atoms with Gasteiger partial charge >= 0.3 is 18.5 Å². The van der Waals surface area contributed by atoms with Gasteiger partial charge < -0.3 is 18.3 Å². The Bertz CT molecular complexity index is 6180. The van der Waals surface area contributed by atoms with Crippen LogP contribution in [0.25, 0.3) is 142 Å². The Morgan fingerprint density at radius 1 is 0.304 bits per heavy atom. The molecule has 16 rings (SSSR count). The molecule has 0 N–H and O–H groups in total. The van der Waals surface area contributed by atoms with E-state index in [4.69, 9.17) is 13.1 Å². The molecule has 0 aliphatic carbocycles. The van der Waals surface area contributed by atoms with Crippen LogP contribution in [-0.4, -0.2) is 18.3 Å². The monoisotopic (exact) mass is 1360 g/mol. The zero-order valence-electron chi connectivity index (χ0n) is 56.2. The molecule has 16 heteroatoms. The summed E-state index contributed by atoms with van der Waals surface area (Å²) in [6.45, 7) is 31.2. The van der Waals surface area contributed by atoms with Crippen LogP contribution in [0.1, 0.15) is 66.8 Å². The first kappa shape index (κ1) is 65.6. The van der Waals surface area contributed by atoms with Crippen LogP contribution in [0.15, 0.2) is 206 Å². The number of fused-ring (bicyclic) bond motifs is 12. The minimum Gasteiger partial charge on any atom is -0.307 e. The lowest BCUT2D eigenvalue weighted by Crippen LogP contribution is -2.16. The van der Waals surface area contributed by atoms with Crippen molar-refractivity contribution < 1.29 is 39.5 Å². The standard InChI is InChI=1S/C43H29F6N3.C43H29F3N4/c1-23-11-6-15-28-29-16-7-12-24(2)38(29)51(37(23)28)35-22-27(36-32(42(44,45)46)19-10-20-34(36)50-5)21-33(43(47,48)49)41(35)52-39-25(3)13-8-17-30(39)31-18-9-14-26(4)40(31)52;1-24-11-6-15-30-31-16-7-12-25(2)39(31)49(38(24)30)36-22-28(37-34(43(44,45)46)19-10-20-35(37)48-5)21-29(23-47)42(36)50-40-26(3)13-8-17-32(40)33-18-9-14-27(4)41(33)50/h6-22H,1-4H3;6-22H,1-4H3. The van der Waals surface area contributed by atoms with Crippen LogP contribution in [0, 0.1) is 79.9 Å². The smallest absolute Gasteiger partial charge is 0.307 e. The summed E-state index contributed by atoms with van der Waals surface area (Å²) in [5.41, 5.74) is 9.12. The summed E-state index contributed by atoms with van der Waals surface area (Å²) in [5.74, 6) is 0. The van der Waals surface area contributed by atoms with Gasteiger partial charge in [-0.2, -0.15) is 44.8 Å². The van der Waals surface area contributed by atoms with E-state index in [0.717, 1.165) is 134 Å². The molecule has 16 aromatic rings. The fourth-order valence-electron chi connectivity index (χ4n) is 15.7. The fourth-order valence-corrected chi connectivity index (χ4v) is 15.7. The lowest BCUT2D eigenvalue weighted by Gasteiger charge is -2.25. The van der Waals surface area contributed by atoms with E-state index in [1.54, 1.807) is 15.2 Å². The third kappa shape index (κ3) is 10.1. The number of nitrogens with zero attached hydrogens (tertiary/aromatic N) is 7. The fraction of sp³-hybridized carbons (Fsp3) is 0.128. The summed E-state index contributed by atoms with van der Waals surface area (Å²) in [7, 11) is 0. The Morgan fingerprint density at radius 2 is 0.549 bits per heavy atom. The van der Waals surface area contributed by atoms with E-state index in [-0.39, 0.29) is 39.3 Å². The summed E-state index contributed by atoms with van der Waals surface area (Å²) in [5, 5.41) is 18.1. The molecule has 0 unspecified atom stereocenters. The van der Waals surface area contributed by atoms with Crippen molar-refractivity contribution in [3.63, 3.8) is 0 Å². The lowest BCUT2D eigenvalue weighted by atomic mass is 9.93. The van der Waals surface area contributed by atoms with Crippen LogP contribution < -0.4 is 0 Å². The highest BCUT2D eigenvalue weighted by molar-refractivity contribution is 6.16. The summed E-state index contributed by atoms with van der Waals surface area (Å²) in [6.07, 6.45) is -14.7. The van der Waals surface area contributed by atoms with E-state index < -0.39 is 46.5 Å². The first-order valence-electron chi connectivity index (χ1n) is 32.8. The molecule has 12 aromatic carbocycles. The van der Waals surface area contributed by atoms with Gasteiger partial charge in [-0.15, -0.1) is 0 Å². The number of aromatic nitrogens is 4. The van der Waals surface area contributed by atoms with Gasteiger partial charge in [0.2, 0.25) is 0 Å². The highest BCUT2D eigenvalue weighted by Crippen LogP contribution is 2.52. The third-order valence-electron chi connectivity index (χ3n) is 19.9. The molecular weight excluding hydrogens is 1300 g/mol. The molecular formula is C86H58F9N7. The van der Waals surface area contributed by atoms with Gasteiger partial charge in [0.15, 0.2) is 11.4 Å². The molecule has 7 nitrogen and oxygen atoms in total. The van der Waals surface area contributed by atoms with Crippen molar-refractivity contribution in [2.24, 2.45) is 0 Å². The maximum atomic E-state index is 16.0. The number of hydrogen-bond donors (Lipinski definition) is 0. The Labute approximate surface area is 579 Å². The van der Waals surface area contributed by atoms with Crippen LogP contribution in [0.5, 0.6) is 0 Å². The number of aryl methyl sites for hydroxylation is 8. The van der Waals surface area contributed by atoms with E-state index >= 15 is 13.2 Å². The van der Waals surface area contributed by atoms with Crippen molar-refractivity contribution in [1.29, 1.82) is 5.26 Å². The molecule has 102 heavy (non-hydrogen) atoms. The Hall–Kier alpha value is -12.3. The molecule has 0 fully saturated rings. The van der Waals surface area contributed by atoms with E-state index in [0.29, 0.717) is 33.4 Å². The first-order valence-corrected chi connectivity index (χ1v) is 32.8. The van der Waals surface area contributed by atoms with Crippen LogP contribution in [0.2, 0.25) is 0 Å². The van der Waals surface area contributed by atoms with Crippen molar-refractivity contribution in [3.05, 3.63) is 296 Å². The molecule has 4 aromatic heterocycles. The van der Waals surface area contributed by atoms with E-state index in [9.17, 15) is 31.6 Å². The number of rotatable bonds is 6. The first-order chi connectivity index (χ1) is 48.8. The summed E-state index contributed by atoms with van der Waals surface area (Å²) >= 11 is 0. The van der Waals surface area contributed by atoms with E-state index in [1.807, 2.05) is 177 Å². The molecule has 0 radical (unpaired) electrons. The van der Waals surface area contributed by atoms with Crippen molar-refractivity contribution in [3.8, 4) is 51.1 Å². The second kappa shape index (κ2) is 24.0. The number of para-hydroxylation sites is 8. The normalized spacial score (nSPS) is 12.1. The van der Waals surface area contributed by atoms with Crippen LogP contribution in [-0.2, 0) is 18.5 Å². The van der Waals surface area contributed by atoms with Crippen LogP contribution >= 0.6 is 0 Å². The van der Waals surface area contributed by atoms with Crippen molar-refractivity contribution in [2.45, 2.75) is 73.9 Å². The molecule has 0 aliphatic rings.